The largest absolute Gasteiger partial charge is 0.342 e. The van der Waals surface area contributed by atoms with Crippen molar-refractivity contribution in [1.29, 1.82) is 0 Å². The number of carbonyl (C=O) groups excluding carboxylic acids is 1. The lowest BCUT2D eigenvalue weighted by molar-refractivity contribution is 0.0923. The van der Waals surface area contributed by atoms with Gasteiger partial charge in [-0.25, -0.2) is 13.4 Å². The van der Waals surface area contributed by atoms with Crippen LogP contribution in [0.3, 0.4) is 0 Å². The van der Waals surface area contributed by atoms with Gasteiger partial charge >= 0.3 is 0 Å². The Morgan fingerprint density at radius 1 is 1.03 bits per heavy atom. The summed E-state index contributed by atoms with van der Waals surface area (Å²) in [6, 6.07) is 13.7. The maximum absolute atomic E-state index is 13.1. The molecule has 32 heavy (non-hydrogen) atoms. The molecule has 0 saturated carbocycles. The van der Waals surface area contributed by atoms with E-state index < -0.39 is 10.0 Å². The molecule has 2 N–H and O–H groups in total. The van der Waals surface area contributed by atoms with E-state index in [4.69, 9.17) is 0 Å². The van der Waals surface area contributed by atoms with Crippen LogP contribution in [-0.2, 0) is 10.0 Å². The number of nitrogens with zero attached hydrogens (tertiary/aromatic N) is 2. The van der Waals surface area contributed by atoms with Gasteiger partial charge < -0.3 is 10.3 Å². The Kier molecular flexibility index (Phi) is 6.62. The van der Waals surface area contributed by atoms with Gasteiger partial charge in [-0.1, -0.05) is 44.9 Å². The quantitative estimate of drug-likeness (QED) is 0.582. The van der Waals surface area contributed by atoms with E-state index in [9.17, 15) is 13.2 Å². The first kappa shape index (κ1) is 22.5. The first-order chi connectivity index (χ1) is 15.4. The number of hydrogen-bond acceptors (Lipinski definition) is 4. The number of H-pyrrole nitrogens is 1. The molecule has 3 aromatic rings. The number of carbonyl (C=O) groups is 1. The van der Waals surface area contributed by atoms with Crippen molar-refractivity contribution in [3.63, 3.8) is 0 Å². The van der Waals surface area contributed by atoms with E-state index in [1.165, 1.54) is 6.07 Å². The molecule has 1 atom stereocenters. The van der Waals surface area contributed by atoms with Crippen LogP contribution in [0, 0.1) is 5.92 Å². The maximum Gasteiger partial charge on any atom is 0.251 e. The van der Waals surface area contributed by atoms with Gasteiger partial charge in [0.1, 0.15) is 5.82 Å². The molecule has 1 aliphatic heterocycles. The monoisotopic (exact) mass is 454 g/mol. The van der Waals surface area contributed by atoms with Gasteiger partial charge in [0.2, 0.25) is 10.0 Å². The van der Waals surface area contributed by atoms with E-state index in [2.05, 4.69) is 15.3 Å². The van der Waals surface area contributed by atoms with Crippen molar-refractivity contribution in [2.75, 3.05) is 13.1 Å². The summed E-state index contributed by atoms with van der Waals surface area (Å²) in [6.07, 6.45) is 3.83. The molecule has 0 unspecified atom stereocenters. The SMILES string of the molecule is CC(C)[C@H](NC(=O)c1cccc(S(=O)(=O)N2CCCCCC2)c1)c1nc2ccccc2[nH]1. The van der Waals surface area contributed by atoms with Gasteiger partial charge in [-0.15, -0.1) is 0 Å². The molecule has 1 amide bonds. The fourth-order valence-corrected chi connectivity index (χ4v) is 5.69. The minimum absolute atomic E-state index is 0.0866. The predicted molar refractivity (Wildman–Crippen MR) is 125 cm³/mol. The third-order valence-electron chi connectivity index (χ3n) is 5.95. The Bertz CT molecular complexity index is 1160. The van der Waals surface area contributed by atoms with E-state index in [-0.39, 0.29) is 22.8 Å². The lowest BCUT2D eigenvalue weighted by atomic mass is 10.0. The number of rotatable bonds is 6. The van der Waals surface area contributed by atoms with Gasteiger partial charge in [0.15, 0.2) is 0 Å². The number of para-hydroxylation sites is 2. The number of aromatic nitrogens is 2. The number of imidazole rings is 1. The Morgan fingerprint density at radius 3 is 2.44 bits per heavy atom. The highest BCUT2D eigenvalue weighted by Crippen LogP contribution is 2.24. The summed E-state index contributed by atoms with van der Waals surface area (Å²) in [7, 11) is -3.62. The summed E-state index contributed by atoms with van der Waals surface area (Å²) >= 11 is 0. The first-order valence-corrected chi connectivity index (χ1v) is 12.7. The first-order valence-electron chi connectivity index (χ1n) is 11.2. The summed E-state index contributed by atoms with van der Waals surface area (Å²) in [4.78, 5) is 21.2. The number of sulfonamides is 1. The molecule has 0 radical (unpaired) electrons. The highest BCUT2D eigenvalue weighted by atomic mass is 32.2. The van der Waals surface area contributed by atoms with Crippen LogP contribution in [-0.4, -0.2) is 41.7 Å². The van der Waals surface area contributed by atoms with Crippen LogP contribution in [0.25, 0.3) is 11.0 Å². The Balaban J connectivity index is 1.57. The molecule has 8 heteroatoms. The standard InChI is InChI=1S/C24H30N4O3S/c1-17(2)22(23-25-20-12-5-6-13-21(20)26-23)27-24(29)18-10-9-11-19(16-18)32(30,31)28-14-7-3-4-8-15-28/h5-6,9-13,16-17,22H,3-4,7-8,14-15H2,1-2H3,(H,25,26)(H,27,29)/t22-/m0/s1. The molecule has 0 spiro atoms. The Morgan fingerprint density at radius 2 is 1.75 bits per heavy atom. The van der Waals surface area contributed by atoms with Crippen molar-refractivity contribution >= 4 is 27.0 Å². The number of amides is 1. The van der Waals surface area contributed by atoms with Crippen molar-refractivity contribution < 1.29 is 13.2 Å². The normalized spacial score (nSPS) is 16.7. The van der Waals surface area contributed by atoms with Crippen LogP contribution in [0.15, 0.2) is 53.4 Å². The molecular formula is C24H30N4O3S. The van der Waals surface area contributed by atoms with E-state index >= 15 is 0 Å². The zero-order valence-corrected chi connectivity index (χ0v) is 19.4. The zero-order valence-electron chi connectivity index (χ0n) is 18.5. The molecule has 0 bridgehead atoms. The maximum atomic E-state index is 13.1. The second kappa shape index (κ2) is 9.42. The van der Waals surface area contributed by atoms with Crippen molar-refractivity contribution in [3.8, 4) is 0 Å². The fraction of sp³-hybridized carbons (Fsp3) is 0.417. The molecular weight excluding hydrogens is 424 g/mol. The van der Waals surface area contributed by atoms with Crippen molar-refractivity contribution in [2.24, 2.45) is 5.92 Å². The third-order valence-corrected chi connectivity index (χ3v) is 7.85. The molecule has 7 nitrogen and oxygen atoms in total. The lowest BCUT2D eigenvalue weighted by Gasteiger charge is -2.22. The van der Waals surface area contributed by atoms with Crippen molar-refractivity contribution in [2.45, 2.75) is 50.5 Å². The van der Waals surface area contributed by atoms with Gasteiger partial charge in [-0.05, 0) is 49.1 Å². The van der Waals surface area contributed by atoms with Crippen LogP contribution in [0.4, 0.5) is 0 Å². The minimum Gasteiger partial charge on any atom is -0.342 e. The van der Waals surface area contributed by atoms with E-state index in [0.29, 0.717) is 24.5 Å². The van der Waals surface area contributed by atoms with Gasteiger partial charge in [-0.2, -0.15) is 4.31 Å². The third kappa shape index (κ3) is 4.71. The molecule has 4 rings (SSSR count). The lowest BCUT2D eigenvalue weighted by Crippen LogP contribution is -2.33. The summed E-state index contributed by atoms with van der Waals surface area (Å²) in [5.74, 6) is 0.448. The highest BCUT2D eigenvalue weighted by Gasteiger charge is 2.27. The van der Waals surface area contributed by atoms with Crippen molar-refractivity contribution in [3.05, 3.63) is 59.9 Å². The summed E-state index contributed by atoms with van der Waals surface area (Å²) < 4.78 is 27.8. The average molecular weight is 455 g/mol. The molecule has 1 aliphatic rings. The second-order valence-corrected chi connectivity index (χ2v) is 10.6. The van der Waals surface area contributed by atoms with Gasteiger partial charge in [0.25, 0.3) is 5.91 Å². The number of nitrogens with one attached hydrogen (secondary N) is 2. The molecule has 1 saturated heterocycles. The zero-order chi connectivity index (χ0) is 22.7. The Hall–Kier alpha value is -2.71. The number of benzene rings is 2. The number of aromatic amines is 1. The molecule has 0 aliphatic carbocycles. The predicted octanol–water partition coefficient (Wildman–Crippen LogP) is 4.25. The second-order valence-electron chi connectivity index (χ2n) is 8.68. The van der Waals surface area contributed by atoms with Gasteiger partial charge in [0.05, 0.1) is 22.0 Å². The number of hydrogen-bond donors (Lipinski definition) is 2. The van der Waals surface area contributed by atoms with E-state index in [1.54, 1.807) is 22.5 Å². The minimum atomic E-state index is -3.62. The van der Waals surface area contributed by atoms with Crippen LogP contribution in [0.1, 0.15) is 61.8 Å². The summed E-state index contributed by atoms with van der Waals surface area (Å²) in [6.45, 7) is 5.08. The summed E-state index contributed by atoms with van der Waals surface area (Å²) in [5, 5.41) is 3.04. The van der Waals surface area contributed by atoms with Crippen LogP contribution < -0.4 is 5.32 Å². The van der Waals surface area contributed by atoms with E-state index in [0.717, 1.165) is 36.7 Å². The number of fused-ring (bicyclic) bond motifs is 1. The Labute approximate surface area is 189 Å². The molecule has 1 fully saturated rings. The average Bonchev–Trinajstić information content (AvgIpc) is 3.01. The summed E-state index contributed by atoms with van der Waals surface area (Å²) in [5.41, 5.74) is 2.07. The van der Waals surface area contributed by atoms with Crippen molar-refractivity contribution in [1.82, 2.24) is 19.6 Å². The molecule has 170 valence electrons. The topological polar surface area (TPSA) is 95.2 Å². The molecule has 2 aromatic carbocycles. The van der Waals surface area contributed by atoms with Crippen LogP contribution >= 0.6 is 0 Å². The van der Waals surface area contributed by atoms with Crippen LogP contribution in [0.5, 0.6) is 0 Å². The van der Waals surface area contributed by atoms with Gasteiger partial charge in [0, 0.05) is 18.7 Å². The fourth-order valence-electron chi connectivity index (χ4n) is 4.12. The molecule has 1 aromatic heterocycles. The van der Waals surface area contributed by atoms with Crippen LogP contribution in [0.2, 0.25) is 0 Å². The van der Waals surface area contributed by atoms with E-state index in [1.807, 2.05) is 38.1 Å². The highest BCUT2D eigenvalue weighted by molar-refractivity contribution is 7.89. The molecule has 2 heterocycles. The smallest absolute Gasteiger partial charge is 0.251 e. The van der Waals surface area contributed by atoms with Gasteiger partial charge in [-0.3, -0.25) is 4.79 Å².